The van der Waals surface area contributed by atoms with Crippen molar-refractivity contribution in [3.8, 4) is 5.88 Å². The molecule has 3 heterocycles. The van der Waals surface area contributed by atoms with E-state index >= 15 is 0 Å². The summed E-state index contributed by atoms with van der Waals surface area (Å²) in [6, 6.07) is 0. The van der Waals surface area contributed by atoms with Crippen LogP contribution in [0.2, 0.25) is 0 Å². The minimum absolute atomic E-state index is 0.0378. The van der Waals surface area contributed by atoms with Crippen LogP contribution in [-0.2, 0) is 31.6 Å². The summed E-state index contributed by atoms with van der Waals surface area (Å²) in [5.41, 5.74) is -7.14. The van der Waals surface area contributed by atoms with Crippen molar-refractivity contribution in [1.82, 2.24) is 14.9 Å². The number of aliphatic carboxylic acids is 1. The molecule has 0 aromatic carbocycles. The molecule has 1 saturated heterocycles. The summed E-state index contributed by atoms with van der Waals surface area (Å²) in [4.78, 5) is 21.6. The van der Waals surface area contributed by atoms with Gasteiger partial charge >= 0.3 is 21.6 Å². The van der Waals surface area contributed by atoms with E-state index in [9.17, 15) is 31.5 Å². The van der Waals surface area contributed by atoms with Crippen LogP contribution in [0.5, 0.6) is 5.88 Å². The molecule has 1 aromatic heterocycles. The largest absolute Gasteiger partial charge is 0.534 e. The number of carboxylic acids is 1. The Bertz CT molecular complexity index is 964. The third kappa shape index (κ3) is 4.09. The smallest absolute Gasteiger partial charge is 0.481 e. The highest BCUT2D eigenvalue weighted by Crippen LogP contribution is 2.45. The molecular weight excluding hydrogens is 451 g/mol. The minimum atomic E-state index is -5.93. The van der Waals surface area contributed by atoms with E-state index in [-0.39, 0.29) is 49.3 Å². The van der Waals surface area contributed by atoms with Crippen molar-refractivity contribution in [2.24, 2.45) is 5.41 Å². The van der Waals surface area contributed by atoms with E-state index in [0.29, 0.717) is 0 Å². The summed E-state index contributed by atoms with van der Waals surface area (Å²) in [6.45, 7) is 3.80. The summed E-state index contributed by atoms with van der Waals surface area (Å²) < 4.78 is 71.6. The zero-order valence-corrected chi connectivity index (χ0v) is 17.9. The average molecular weight is 471 g/mol. The zero-order chi connectivity index (χ0) is 22.5. The third-order valence-corrected chi connectivity index (χ3v) is 6.46. The van der Waals surface area contributed by atoms with Gasteiger partial charge in [-0.3, -0.25) is 9.69 Å². The molecule has 14 heteroatoms. The van der Waals surface area contributed by atoms with Gasteiger partial charge in [0.05, 0.1) is 35.3 Å². The predicted molar refractivity (Wildman–Crippen MR) is 98.6 cm³/mol. The van der Waals surface area contributed by atoms with Crippen LogP contribution in [-0.4, -0.2) is 72.4 Å². The maximum atomic E-state index is 12.9. The second-order valence-electron chi connectivity index (χ2n) is 7.93. The van der Waals surface area contributed by atoms with Crippen LogP contribution >= 0.6 is 11.8 Å². The van der Waals surface area contributed by atoms with E-state index < -0.39 is 38.3 Å². The molecule has 1 aromatic rings. The molecule has 0 amide bonds. The van der Waals surface area contributed by atoms with E-state index in [0.717, 1.165) is 11.8 Å². The second kappa shape index (κ2) is 7.50. The number of halogens is 3. The molecule has 2 aliphatic rings. The summed E-state index contributed by atoms with van der Waals surface area (Å²) in [6.07, 6.45) is 1.58. The standard InChI is InChI=1S/C16H20F3N3O6S2/c1-14(2,12(23)24)5-22-4-9-10(15(6-22)7-27-8-15)11(21-13(20-9)29-3)28-30(25,26)16(17,18)19/h4-8H2,1-3H3,(H,23,24). The molecule has 9 nitrogen and oxygen atoms in total. The molecule has 0 unspecified atom stereocenters. The lowest BCUT2D eigenvalue weighted by Crippen LogP contribution is -2.59. The van der Waals surface area contributed by atoms with Crippen LogP contribution in [0.3, 0.4) is 0 Å². The number of alkyl halides is 3. The van der Waals surface area contributed by atoms with E-state index in [2.05, 4.69) is 14.2 Å². The lowest BCUT2D eigenvalue weighted by molar-refractivity contribution is -0.149. The summed E-state index contributed by atoms with van der Waals surface area (Å²) in [5.74, 6) is -1.66. The molecule has 3 rings (SSSR count). The highest BCUT2D eigenvalue weighted by Gasteiger charge is 2.53. The average Bonchev–Trinajstić information content (AvgIpc) is 2.57. The van der Waals surface area contributed by atoms with Gasteiger partial charge in [-0.2, -0.15) is 26.6 Å². The SMILES string of the molecule is CSc1nc2c(c(OS(=O)(=O)C(F)(F)F)n1)C1(COC1)CN(CC(C)(C)C(=O)O)C2. The molecule has 168 valence electrons. The normalized spacial score (nSPS) is 19.3. The molecule has 1 fully saturated rings. The van der Waals surface area contributed by atoms with Gasteiger partial charge in [0.2, 0.25) is 5.88 Å². The van der Waals surface area contributed by atoms with Crippen LogP contribution in [0.25, 0.3) is 0 Å². The first-order chi connectivity index (χ1) is 13.7. The molecule has 30 heavy (non-hydrogen) atoms. The minimum Gasteiger partial charge on any atom is -0.481 e. The maximum absolute atomic E-state index is 12.9. The van der Waals surface area contributed by atoms with Crippen LogP contribution in [0, 0.1) is 5.41 Å². The molecular formula is C16H20F3N3O6S2. The molecule has 2 aliphatic heterocycles. The van der Waals surface area contributed by atoms with Crippen LogP contribution in [0.4, 0.5) is 13.2 Å². The Labute approximate surface area is 175 Å². The molecule has 0 atom stereocenters. The van der Waals surface area contributed by atoms with Crippen molar-refractivity contribution in [1.29, 1.82) is 0 Å². The fourth-order valence-corrected chi connectivity index (χ4v) is 4.31. The molecule has 1 spiro atoms. The van der Waals surface area contributed by atoms with Crippen molar-refractivity contribution in [2.75, 3.05) is 32.6 Å². The Hall–Kier alpha value is -1.64. The molecule has 0 saturated carbocycles. The van der Waals surface area contributed by atoms with Gasteiger partial charge in [-0.15, -0.1) is 0 Å². The summed E-state index contributed by atoms with van der Waals surface area (Å²) >= 11 is 1.01. The van der Waals surface area contributed by atoms with Crippen molar-refractivity contribution < 1.29 is 40.4 Å². The van der Waals surface area contributed by atoms with E-state index in [1.807, 2.05) is 4.90 Å². The lowest BCUT2D eigenvalue weighted by atomic mass is 9.74. The van der Waals surface area contributed by atoms with Crippen LogP contribution < -0.4 is 4.18 Å². The van der Waals surface area contributed by atoms with Crippen molar-refractivity contribution in [2.45, 2.75) is 36.5 Å². The molecule has 0 aliphatic carbocycles. The summed E-state index contributed by atoms with van der Waals surface area (Å²) in [5, 5.41) is 9.46. The van der Waals surface area contributed by atoms with E-state index in [4.69, 9.17) is 4.74 Å². The molecule has 1 N–H and O–H groups in total. The molecule has 0 bridgehead atoms. The van der Waals surface area contributed by atoms with Gasteiger partial charge in [-0.05, 0) is 20.1 Å². The number of aromatic nitrogens is 2. The fraction of sp³-hybridized carbons (Fsp3) is 0.688. The van der Waals surface area contributed by atoms with Gasteiger partial charge in [0.1, 0.15) is 0 Å². The maximum Gasteiger partial charge on any atom is 0.534 e. The Morgan fingerprint density at radius 2 is 1.97 bits per heavy atom. The first-order valence-corrected chi connectivity index (χ1v) is 11.3. The van der Waals surface area contributed by atoms with Crippen molar-refractivity contribution in [3.63, 3.8) is 0 Å². The number of carboxylic acid groups (broad SMARTS) is 1. The Morgan fingerprint density at radius 3 is 2.43 bits per heavy atom. The van der Waals surface area contributed by atoms with Crippen molar-refractivity contribution in [3.05, 3.63) is 11.3 Å². The van der Waals surface area contributed by atoms with E-state index in [1.165, 1.54) is 0 Å². The first-order valence-electron chi connectivity index (χ1n) is 8.70. The lowest BCUT2D eigenvalue weighted by Gasteiger charge is -2.49. The fourth-order valence-electron chi connectivity index (χ4n) is 3.51. The van der Waals surface area contributed by atoms with Crippen molar-refractivity contribution >= 4 is 27.8 Å². The number of rotatable bonds is 6. The van der Waals surface area contributed by atoms with Gasteiger partial charge in [0, 0.05) is 19.6 Å². The number of carbonyl (C=O) groups is 1. The third-order valence-electron chi connectivity index (χ3n) is 4.97. The number of hydrogen-bond donors (Lipinski definition) is 1. The highest BCUT2D eigenvalue weighted by atomic mass is 32.2. The number of thioether (sulfide) groups is 1. The van der Waals surface area contributed by atoms with Gasteiger partial charge in [-0.1, -0.05) is 11.8 Å². The Kier molecular flexibility index (Phi) is 5.76. The predicted octanol–water partition coefficient (Wildman–Crippen LogP) is 1.62. The second-order valence-corrected chi connectivity index (χ2v) is 10.2. The number of ether oxygens (including phenoxy) is 1. The van der Waals surface area contributed by atoms with Crippen LogP contribution in [0.1, 0.15) is 25.1 Å². The summed E-state index contributed by atoms with van der Waals surface area (Å²) in [7, 11) is -5.93. The monoisotopic (exact) mass is 471 g/mol. The quantitative estimate of drug-likeness (QED) is 0.284. The Balaban J connectivity index is 2.07. The van der Waals surface area contributed by atoms with Crippen LogP contribution in [0.15, 0.2) is 5.16 Å². The number of nitrogens with zero attached hydrogens (tertiary/aromatic N) is 3. The van der Waals surface area contributed by atoms with Gasteiger partial charge in [0.15, 0.2) is 5.16 Å². The van der Waals surface area contributed by atoms with Gasteiger partial charge in [-0.25, -0.2) is 4.98 Å². The zero-order valence-electron chi connectivity index (χ0n) is 16.3. The topological polar surface area (TPSA) is 119 Å². The van der Waals surface area contributed by atoms with Gasteiger partial charge < -0.3 is 14.0 Å². The highest BCUT2D eigenvalue weighted by molar-refractivity contribution is 7.98. The Morgan fingerprint density at radius 1 is 1.33 bits per heavy atom. The number of hydrogen-bond acceptors (Lipinski definition) is 9. The number of fused-ring (bicyclic) bond motifs is 2. The van der Waals surface area contributed by atoms with Gasteiger partial charge in [0.25, 0.3) is 0 Å². The van der Waals surface area contributed by atoms with E-state index in [1.54, 1.807) is 20.1 Å². The first kappa shape index (κ1) is 23.0. The molecule has 0 radical (unpaired) electrons.